The second-order valence-corrected chi connectivity index (χ2v) is 3.21. The van der Waals surface area contributed by atoms with Gasteiger partial charge in [0.05, 0.1) is 6.61 Å². The quantitative estimate of drug-likeness (QED) is 0.599. The highest BCUT2D eigenvalue weighted by Crippen LogP contribution is 2.05. The van der Waals surface area contributed by atoms with Crippen molar-refractivity contribution in [2.45, 2.75) is 19.5 Å². The molecule has 0 aromatic heterocycles. The van der Waals surface area contributed by atoms with Crippen LogP contribution in [0.5, 0.6) is 0 Å². The summed E-state index contributed by atoms with van der Waals surface area (Å²) in [6.45, 7) is 2.83. The van der Waals surface area contributed by atoms with E-state index < -0.39 is 0 Å². The summed E-state index contributed by atoms with van der Waals surface area (Å²) >= 11 is 0. The van der Waals surface area contributed by atoms with Crippen LogP contribution in [0.3, 0.4) is 0 Å². The molecule has 0 saturated carbocycles. The lowest BCUT2D eigenvalue weighted by Gasteiger charge is -2.10. The van der Waals surface area contributed by atoms with Crippen molar-refractivity contribution in [2.24, 2.45) is 0 Å². The normalized spacial score (nSPS) is 12.8. The van der Waals surface area contributed by atoms with Crippen LogP contribution in [-0.4, -0.2) is 17.8 Å². The fourth-order valence-electron chi connectivity index (χ4n) is 1.06. The van der Waals surface area contributed by atoms with E-state index in [4.69, 9.17) is 10.8 Å². The number of nitrogens with one attached hydrogen (secondary N) is 1. The number of hydrogen-bond acceptors (Lipinski definition) is 3. The van der Waals surface area contributed by atoms with Crippen LogP contribution in [0, 0.1) is 0 Å². The third kappa shape index (κ3) is 3.44. The van der Waals surface area contributed by atoms with Gasteiger partial charge in [-0.1, -0.05) is 12.1 Å². The molecule has 72 valence electrons. The van der Waals surface area contributed by atoms with E-state index in [0.717, 1.165) is 17.8 Å². The number of hydrogen-bond donors (Lipinski definition) is 3. The number of aliphatic hydroxyl groups is 1. The van der Waals surface area contributed by atoms with Gasteiger partial charge in [-0.25, -0.2) is 0 Å². The Kier molecular flexibility index (Phi) is 3.73. The van der Waals surface area contributed by atoms with Crippen LogP contribution < -0.4 is 11.1 Å². The fourth-order valence-corrected chi connectivity index (χ4v) is 1.06. The molecule has 13 heavy (non-hydrogen) atoms. The van der Waals surface area contributed by atoms with Gasteiger partial charge in [0.15, 0.2) is 0 Å². The molecule has 0 saturated heterocycles. The Labute approximate surface area is 78.6 Å². The van der Waals surface area contributed by atoms with E-state index in [2.05, 4.69) is 5.32 Å². The first kappa shape index (κ1) is 10.0. The van der Waals surface area contributed by atoms with Gasteiger partial charge in [0, 0.05) is 18.3 Å². The van der Waals surface area contributed by atoms with Crippen LogP contribution in [-0.2, 0) is 6.54 Å². The van der Waals surface area contributed by atoms with Gasteiger partial charge in [-0.05, 0) is 24.6 Å². The van der Waals surface area contributed by atoms with E-state index in [1.807, 2.05) is 31.2 Å². The van der Waals surface area contributed by atoms with E-state index in [9.17, 15) is 0 Å². The molecule has 1 atom stereocenters. The van der Waals surface area contributed by atoms with Crippen molar-refractivity contribution in [1.82, 2.24) is 5.32 Å². The molecule has 3 heteroatoms. The number of aliphatic hydroxyl groups excluding tert-OH is 1. The molecule has 4 N–H and O–H groups in total. The summed E-state index contributed by atoms with van der Waals surface area (Å²) < 4.78 is 0. The van der Waals surface area contributed by atoms with Gasteiger partial charge in [-0.3, -0.25) is 0 Å². The van der Waals surface area contributed by atoms with Crippen molar-refractivity contribution in [2.75, 3.05) is 12.3 Å². The van der Waals surface area contributed by atoms with E-state index in [0.29, 0.717) is 0 Å². The lowest BCUT2D eigenvalue weighted by molar-refractivity contribution is 0.251. The molecular formula is C10H16N2O. The largest absolute Gasteiger partial charge is 0.399 e. The van der Waals surface area contributed by atoms with Gasteiger partial charge in [0.1, 0.15) is 0 Å². The van der Waals surface area contributed by atoms with Crippen LogP contribution >= 0.6 is 0 Å². The molecule has 0 amide bonds. The average Bonchev–Trinajstić information content (AvgIpc) is 2.14. The molecule has 0 radical (unpaired) electrons. The van der Waals surface area contributed by atoms with Crippen molar-refractivity contribution in [3.63, 3.8) is 0 Å². The lowest BCUT2D eigenvalue weighted by Crippen LogP contribution is -2.28. The zero-order chi connectivity index (χ0) is 9.68. The summed E-state index contributed by atoms with van der Waals surface area (Å²) in [6, 6.07) is 7.85. The minimum absolute atomic E-state index is 0.126. The maximum absolute atomic E-state index is 8.78. The molecule has 3 nitrogen and oxygen atoms in total. The molecule has 1 aromatic rings. The summed E-state index contributed by atoms with van der Waals surface area (Å²) in [4.78, 5) is 0. The fraction of sp³-hybridized carbons (Fsp3) is 0.400. The minimum Gasteiger partial charge on any atom is -0.399 e. The number of benzene rings is 1. The predicted molar refractivity (Wildman–Crippen MR) is 54.2 cm³/mol. The van der Waals surface area contributed by atoms with Gasteiger partial charge in [-0.2, -0.15) is 0 Å². The van der Waals surface area contributed by atoms with Crippen LogP contribution in [0.15, 0.2) is 24.3 Å². The summed E-state index contributed by atoms with van der Waals surface area (Å²) in [6.07, 6.45) is 0. The average molecular weight is 180 g/mol. The van der Waals surface area contributed by atoms with Crippen molar-refractivity contribution >= 4 is 5.69 Å². The van der Waals surface area contributed by atoms with Crippen LogP contribution in [0.4, 0.5) is 5.69 Å². The van der Waals surface area contributed by atoms with Gasteiger partial charge >= 0.3 is 0 Å². The number of nitrogen functional groups attached to an aromatic ring is 1. The molecule has 0 aliphatic rings. The van der Waals surface area contributed by atoms with Gasteiger partial charge in [0.2, 0.25) is 0 Å². The number of rotatable bonds is 4. The monoisotopic (exact) mass is 180 g/mol. The maximum Gasteiger partial charge on any atom is 0.0582 e. The molecule has 0 unspecified atom stereocenters. The highest BCUT2D eigenvalue weighted by atomic mass is 16.3. The van der Waals surface area contributed by atoms with Gasteiger partial charge in [0.25, 0.3) is 0 Å². The first-order valence-electron chi connectivity index (χ1n) is 4.41. The molecule has 1 aromatic carbocycles. The predicted octanol–water partition coefficient (Wildman–Crippen LogP) is 0.739. The number of anilines is 1. The molecule has 0 aliphatic carbocycles. The SMILES string of the molecule is C[C@H](CO)NCc1cccc(N)c1. The maximum atomic E-state index is 8.78. The van der Waals surface area contributed by atoms with Gasteiger partial charge in [-0.15, -0.1) is 0 Å². The summed E-state index contributed by atoms with van der Waals surface area (Å²) in [5.41, 5.74) is 7.53. The second kappa shape index (κ2) is 4.84. The Bertz CT molecular complexity index is 263. The van der Waals surface area contributed by atoms with Crippen LogP contribution in [0.2, 0.25) is 0 Å². The highest BCUT2D eigenvalue weighted by molar-refractivity contribution is 5.40. The molecular weight excluding hydrogens is 164 g/mol. The molecule has 0 aliphatic heterocycles. The van der Waals surface area contributed by atoms with Crippen LogP contribution in [0.25, 0.3) is 0 Å². The first-order valence-corrected chi connectivity index (χ1v) is 4.41. The van der Waals surface area contributed by atoms with E-state index in [1.165, 1.54) is 0 Å². The van der Waals surface area contributed by atoms with Crippen LogP contribution in [0.1, 0.15) is 12.5 Å². The van der Waals surface area contributed by atoms with Crippen molar-refractivity contribution in [1.29, 1.82) is 0 Å². The van der Waals surface area contributed by atoms with Gasteiger partial charge < -0.3 is 16.2 Å². The Hall–Kier alpha value is -1.06. The van der Waals surface area contributed by atoms with Crippen molar-refractivity contribution in [3.8, 4) is 0 Å². The topological polar surface area (TPSA) is 58.3 Å². The lowest BCUT2D eigenvalue weighted by atomic mass is 10.2. The number of nitrogens with two attached hydrogens (primary N) is 1. The minimum atomic E-state index is 0.126. The third-order valence-electron chi connectivity index (χ3n) is 1.88. The zero-order valence-electron chi connectivity index (χ0n) is 7.83. The van der Waals surface area contributed by atoms with E-state index >= 15 is 0 Å². The Morgan fingerprint density at radius 3 is 2.92 bits per heavy atom. The molecule has 0 fully saturated rings. The Morgan fingerprint density at radius 1 is 1.54 bits per heavy atom. The van der Waals surface area contributed by atoms with E-state index in [-0.39, 0.29) is 12.6 Å². The molecule has 0 spiro atoms. The molecule has 1 rings (SSSR count). The summed E-state index contributed by atoms with van der Waals surface area (Å²) in [5.74, 6) is 0. The zero-order valence-corrected chi connectivity index (χ0v) is 7.83. The van der Waals surface area contributed by atoms with Crippen molar-refractivity contribution in [3.05, 3.63) is 29.8 Å². The highest BCUT2D eigenvalue weighted by Gasteiger charge is 1.98. The standard InChI is InChI=1S/C10H16N2O/c1-8(7-13)12-6-9-3-2-4-10(11)5-9/h2-5,8,12-13H,6-7,11H2,1H3/t8-/m1/s1. The Balaban J connectivity index is 2.45. The summed E-state index contributed by atoms with van der Waals surface area (Å²) in [7, 11) is 0. The van der Waals surface area contributed by atoms with E-state index in [1.54, 1.807) is 0 Å². The van der Waals surface area contributed by atoms with Crippen molar-refractivity contribution < 1.29 is 5.11 Å². The molecule has 0 heterocycles. The Morgan fingerprint density at radius 2 is 2.31 bits per heavy atom. The summed E-state index contributed by atoms with van der Waals surface area (Å²) in [5, 5.41) is 12.0. The first-order chi connectivity index (χ1) is 6.22. The second-order valence-electron chi connectivity index (χ2n) is 3.21. The molecule has 0 bridgehead atoms. The smallest absolute Gasteiger partial charge is 0.0582 e. The third-order valence-corrected chi connectivity index (χ3v) is 1.88.